The van der Waals surface area contributed by atoms with Crippen molar-refractivity contribution < 1.29 is 9.59 Å². The van der Waals surface area contributed by atoms with E-state index in [1.165, 1.54) is 0 Å². The van der Waals surface area contributed by atoms with Crippen LogP contribution >= 0.6 is 0 Å². The lowest BCUT2D eigenvalue weighted by Gasteiger charge is -2.47. The van der Waals surface area contributed by atoms with E-state index in [1.54, 1.807) is 0 Å². The number of fused-ring (bicyclic) bond motifs is 1. The molecule has 2 amide bonds. The summed E-state index contributed by atoms with van der Waals surface area (Å²) in [7, 11) is 4.13. The van der Waals surface area contributed by atoms with E-state index in [-0.39, 0.29) is 11.8 Å². The Hall–Kier alpha value is -1.10. The molecule has 0 aromatic rings. The number of hydrogen-bond acceptors (Lipinski definition) is 3. The molecular weight excluding hydrogens is 278 g/mol. The highest BCUT2D eigenvalue weighted by molar-refractivity contribution is 5.79. The fourth-order valence-electron chi connectivity index (χ4n) is 3.76. The van der Waals surface area contributed by atoms with Gasteiger partial charge in [-0.15, -0.1) is 0 Å². The quantitative estimate of drug-likeness (QED) is 0.772. The van der Waals surface area contributed by atoms with Gasteiger partial charge in [-0.05, 0) is 45.8 Å². The van der Waals surface area contributed by atoms with Crippen LogP contribution in [0.25, 0.3) is 0 Å². The number of carbonyl (C=O) groups is 2. The van der Waals surface area contributed by atoms with Crippen molar-refractivity contribution >= 4 is 11.8 Å². The zero-order valence-electron chi connectivity index (χ0n) is 14.5. The Bertz CT molecular complexity index is 409. The van der Waals surface area contributed by atoms with Crippen molar-refractivity contribution in [2.45, 2.75) is 45.6 Å². The first-order chi connectivity index (χ1) is 10.4. The lowest BCUT2D eigenvalue weighted by Crippen LogP contribution is -2.57. The minimum absolute atomic E-state index is 0.0676. The molecule has 22 heavy (non-hydrogen) atoms. The Morgan fingerprint density at radius 2 is 2.05 bits per heavy atom. The molecule has 0 aromatic carbocycles. The molecule has 0 unspecified atom stereocenters. The molecule has 0 aliphatic carbocycles. The molecule has 0 spiro atoms. The maximum absolute atomic E-state index is 12.3. The number of nitrogens with zero attached hydrogens (tertiary/aromatic N) is 3. The summed E-state index contributed by atoms with van der Waals surface area (Å²) >= 11 is 0. The lowest BCUT2D eigenvalue weighted by atomic mass is 9.83. The fourth-order valence-corrected chi connectivity index (χ4v) is 3.76. The summed E-state index contributed by atoms with van der Waals surface area (Å²) in [6.07, 6.45) is 3.55. The Morgan fingerprint density at radius 1 is 1.32 bits per heavy atom. The maximum atomic E-state index is 12.3. The van der Waals surface area contributed by atoms with E-state index < -0.39 is 0 Å². The largest absolute Gasteiger partial charge is 0.342 e. The van der Waals surface area contributed by atoms with Gasteiger partial charge >= 0.3 is 0 Å². The standard InChI is InChI=1S/C17H31N3O2/c1-13(2)17(22)19-11-8-15-14(12-19)6-7-16(21)20(15)10-5-9-18(3)4/h13-15H,5-12H2,1-4H3/t14-,15+/m1/s1. The van der Waals surface area contributed by atoms with E-state index in [1.807, 2.05) is 18.7 Å². The van der Waals surface area contributed by atoms with Crippen molar-refractivity contribution in [3.63, 3.8) is 0 Å². The second-order valence-electron chi connectivity index (χ2n) is 7.34. The molecular formula is C17H31N3O2. The van der Waals surface area contributed by atoms with Crippen molar-refractivity contribution in [2.75, 3.05) is 40.3 Å². The molecule has 2 fully saturated rings. The average Bonchev–Trinajstić information content (AvgIpc) is 2.47. The van der Waals surface area contributed by atoms with Crippen molar-refractivity contribution in [1.82, 2.24) is 14.7 Å². The van der Waals surface area contributed by atoms with Gasteiger partial charge < -0.3 is 14.7 Å². The molecule has 2 aliphatic rings. The van der Waals surface area contributed by atoms with E-state index in [2.05, 4.69) is 23.9 Å². The predicted molar refractivity (Wildman–Crippen MR) is 87.4 cm³/mol. The SMILES string of the molecule is CC(C)C(=O)N1CC[C@H]2[C@H](CCC(=O)N2CCCN(C)C)C1. The first kappa shape index (κ1) is 17.3. The number of hydrogen-bond donors (Lipinski definition) is 0. The van der Waals surface area contributed by atoms with Crippen molar-refractivity contribution in [3.8, 4) is 0 Å². The third-order valence-electron chi connectivity index (χ3n) is 4.95. The molecule has 126 valence electrons. The van der Waals surface area contributed by atoms with Gasteiger partial charge in [-0.2, -0.15) is 0 Å². The first-order valence-electron chi connectivity index (χ1n) is 8.63. The Kier molecular flexibility index (Phi) is 5.84. The van der Waals surface area contributed by atoms with Gasteiger partial charge in [-0.3, -0.25) is 9.59 Å². The van der Waals surface area contributed by atoms with Crippen LogP contribution in [-0.2, 0) is 9.59 Å². The van der Waals surface area contributed by atoms with Crippen LogP contribution in [0.4, 0.5) is 0 Å². The number of rotatable bonds is 5. The third kappa shape index (κ3) is 4.00. The van der Waals surface area contributed by atoms with Gasteiger partial charge in [0, 0.05) is 38.0 Å². The maximum Gasteiger partial charge on any atom is 0.225 e. The monoisotopic (exact) mass is 309 g/mol. The molecule has 0 N–H and O–H groups in total. The van der Waals surface area contributed by atoms with Crippen LogP contribution < -0.4 is 0 Å². The smallest absolute Gasteiger partial charge is 0.225 e. The van der Waals surface area contributed by atoms with Gasteiger partial charge in [0.05, 0.1) is 0 Å². The van der Waals surface area contributed by atoms with E-state index in [9.17, 15) is 9.59 Å². The van der Waals surface area contributed by atoms with Crippen LogP contribution in [0.2, 0.25) is 0 Å². The molecule has 0 radical (unpaired) electrons. The minimum atomic E-state index is 0.0676. The highest BCUT2D eigenvalue weighted by Gasteiger charge is 2.40. The van der Waals surface area contributed by atoms with Crippen molar-refractivity contribution in [2.24, 2.45) is 11.8 Å². The van der Waals surface area contributed by atoms with Crippen LogP contribution in [0.3, 0.4) is 0 Å². The summed E-state index contributed by atoms with van der Waals surface area (Å²) in [5.41, 5.74) is 0. The van der Waals surface area contributed by atoms with E-state index >= 15 is 0 Å². The zero-order chi connectivity index (χ0) is 16.3. The van der Waals surface area contributed by atoms with Crippen LogP contribution in [0, 0.1) is 11.8 Å². The van der Waals surface area contributed by atoms with Crippen LogP contribution in [0.1, 0.15) is 39.5 Å². The van der Waals surface area contributed by atoms with Gasteiger partial charge in [0.2, 0.25) is 11.8 Å². The average molecular weight is 309 g/mol. The van der Waals surface area contributed by atoms with E-state index in [4.69, 9.17) is 0 Å². The molecule has 2 heterocycles. The van der Waals surface area contributed by atoms with Crippen molar-refractivity contribution in [3.05, 3.63) is 0 Å². The Labute approximate surface area is 134 Å². The Morgan fingerprint density at radius 3 is 2.68 bits per heavy atom. The van der Waals surface area contributed by atoms with Gasteiger partial charge in [-0.1, -0.05) is 13.8 Å². The molecule has 0 saturated carbocycles. The molecule has 2 rings (SSSR count). The predicted octanol–water partition coefficient (Wildman–Crippen LogP) is 1.43. The number of amides is 2. The lowest BCUT2D eigenvalue weighted by molar-refractivity contribution is -0.145. The normalized spacial score (nSPS) is 25.8. The number of carbonyl (C=O) groups excluding carboxylic acids is 2. The summed E-state index contributed by atoms with van der Waals surface area (Å²) < 4.78 is 0. The highest BCUT2D eigenvalue weighted by Crippen LogP contribution is 2.31. The highest BCUT2D eigenvalue weighted by atomic mass is 16.2. The van der Waals surface area contributed by atoms with Crippen LogP contribution in [0.5, 0.6) is 0 Å². The summed E-state index contributed by atoms with van der Waals surface area (Å²) in [6, 6.07) is 0.347. The molecule has 2 atom stereocenters. The number of likely N-dealkylation sites (tertiary alicyclic amines) is 2. The summed E-state index contributed by atoms with van der Waals surface area (Å²) in [4.78, 5) is 30.8. The van der Waals surface area contributed by atoms with Crippen LogP contribution in [0.15, 0.2) is 0 Å². The molecule has 5 nitrogen and oxygen atoms in total. The zero-order valence-corrected chi connectivity index (χ0v) is 14.5. The van der Waals surface area contributed by atoms with E-state index in [0.717, 1.165) is 45.4 Å². The summed E-state index contributed by atoms with van der Waals surface area (Å²) in [5.74, 6) is 1.10. The molecule has 2 aliphatic heterocycles. The second kappa shape index (κ2) is 7.44. The molecule has 0 aromatic heterocycles. The van der Waals surface area contributed by atoms with Gasteiger partial charge in [0.1, 0.15) is 0 Å². The van der Waals surface area contributed by atoms with E-state index in [0.29, 0.717) is 24.3 Å². The van der Waals surface area contributed by atoms with Crippen molar-refractivity contribution in [1.29, 1.82) is 0 Å². The van der Waals surface area contributed by atoms with Crippen LogP contribution in [-0.4, -0.2) is 72.8 Å². The topological polar surface area (TPSA) is 43.9 Å². The second-order valence-corrected chi connectivity index (χ2v) is 7.34. The summed E-state index contributed by atoms with van der Waals surface area (Å²) in [6.45, 7) is 7.43. The van der Waals surface area contributed by atoms with Gasteiger partial charge in [0.15, 0.2) is 0 Å². The number of piperidine rings is 2. The molecule has 5 heteroatoms. The third-order valence-corrected chi connectivity index (χ3v) is 4.95. The van der Waals surface area contributed by atoms with Gasteiger partial charge in [0.25, 0.3) is 0 Å². The molecule has 2 saturated heterocycles. The summed E-state index contributed by atoms with van der Waals surface area (Å²) in [5, 5.41) is 0. The minimum Gasteiger partial charge on any atom is -0.342 e. The fraction of sp³-hybridized carbons (Fsp3) is 0.882. The Balaban J connectivity index is 1.95. The first-order valence-corrected chi connectivity index (χ1v) is 8.63. The molecule has 0 bridgehead atoms. The van der Waals surface area contributed by atoms with Gasteiger partial charge in [-0.25, -0.2) is 0 Å².